The van der Waals surface area contributed by atoms with E-state index in [4.69, 9.17) is 5.26 Å². The second-order valence-corrected chi connectivity index (χ2v) is 4.92. The molecular formula is C12H20N2. The van der Waals surface area contributed by atoms with E-state index in [1.54, 1.807) is 0 Å². The van der Waals surface area contributed by atoms with Crippen LogP contribution in [0.15, 0.2) is 0 Å². The standard InChI is InChI=1S/C12H20N2/c1-9(10-6-7-10)14-12-5-3-2-4-11(12)8-13/h9-12,14H,2-7H2,1H3. The highest BCUT2D eigenvalue weighted by Gasteiger charge is 2.32. The zero-order valence-corrected chi connectivity index (χ0v) is 9.00. The largest absolute Gasteiger partial charge is 0.310 e. The van der Waals surface area contributed by atoms with Crippen molar-refractivity contribution in [2.45, 2.75) is 57.5 Å². The van der Waals surface area contributed by atoms with Crippen molar-refractivity contribution < 1.29 is 0 Å². The predicted octanol–water partition coefficient (Wildman–Crippen LogP) is 2.46. The zero-order valence-electron chi connectivity index (χ0n) is 9.00. The zero-order chi connectivity index (χ0) is 9.97. The summed E-state index contributed by atoms with van der Waals surface area (Å²) in [6.07, 6.45) is 7.62. The highest BCUT2D eigenvalue weighted by molar-refractivity contribution is 4.97. The second kappa shape index (κ2) is 4.31. The maximum atomic E-state index is 9.04. The Labute approximate surface area is 86.7 Å². The molecule has 3 unspecified atom stereocenters. The Morgan fingerprint density at radius 3 is 2.57 bits per heavy atom. The lowest BCUT2D eigenvalue weighted by atomic mass is 9.85. The summed E-state index contributed by atoms with van der Waals surface area (Å²) < 4.78 is 0. The highest BCUT2D eigenvalue weighted by atomic mass is 15.0. The number of nitriles is 1. The molecule has 2 fully saturated rings. The van der Waals surface area contributed by atoms with Crippen molar-refractivity contribution in [2.75, 3.05) is 0 Å². The molecule has 0 aromatic carbocycles. The van der Waals surface area contributed by atoms with Crippen molar-refractivity contribution >= 4 is 0 Å². The van der Waals surface area contributed by atoms with Gasteiger partial charge in [-0.1, -0.05) is 12.8 Å². The summed E-state index contributed by atoms with van der Waals surface area (Å²) in [5, 5.41) is 12.7. The lowest BCUT2D eigenvalue weighted by molar-refractivity contribution is 0.281. The van der Waals surface area contributed by atoms with Crippen LogP contribution in [0.3, 0.4) is 0 Å². The van der Waals surface area contributed by atoms with Gasteiger partial charge < -0.3 is 5.32 Å². The SMILES string of the molecule is CC(NC1CCCCC1C#N)C1CC1. The molecule has 0 bridgehead atoms. The molecule has 0 aromatic heterocycles. The fourth-order valence-corrected chi connectivity index (χ4v) is 2.55. The van der Waals surface area contributed by atoms with Crippen molar-refractivity contribution in [3.63, 3.8) is 0 Å². The Kier molecular flexibility index (Phi) is 3.08. The number of nitrogens with zero attached hydrogens (tertiary/aromatic N) is 1. The van der Waals surface area contributed by atoms with Gasteiger partial charge in [0.1, 0.15) is 0 Å². The maximum Gasteiger partial charge on any atom is 0.0672 e. The smallest absolute Gasteiger partial charge is 0.0672 e. The molecule has 0 aromatic rings. The minimum absolute atomic E-state index is 0.268. The van der Waals surface area contributed by atoms with Crippen molar-refractivity contribution in [3.8, 4) is 6.07 Å². The van der Waals surface area contributed by atoms with Gasteiger partial charge in [-0.3, -0.25) is 0 Å². The van der Waals surface area contributed by atoms with E-state index in [0.29, 0.717) is 12.1 Å². The maximum absolute atomic E-state index is 9.04. The van der Waals surface area contributed by atoms with Gasteiger partial charge in [0.2, 0.25) is 0 Å². The topological polar surface area (TPSA) is 35.8 Å². The Bertz CT molecular complexity index is 227. The highest BCUT2D eigenvalue weighted by Crippen LogP contribution is 2.34. The third-order valence-corrected chi connectivity index (χ3v) is 3.74. The summed E-state index contributed by atoms with van der Waals surface area (Å²) in [5.74, 6) is 1.17. The van der Waals surface area contributed by atoms with E-state index in [2.05, 4.69) is 18.3 Å². The Morgan fingerprint density at radius 2 is 1.93 bits per heavy atom. The van der Waals surface area contributed by atoms with Crippen LogP contribution >= 0.6 is 0 Å². The lowest BCUT2D eigenvalue weighted by Crippen LogP contribution is -2.43. The van der Waals surface area contributed by atoms with Crippen LogP contribution in [0.5, 0.6) is 0 Å². The van der Waals surface area contributed by atoms with Crippen molar-refractivity contribution in [1.82, 2.24) is 5.32 Å². The fourth-order valence-electron chi connectivity index (χ4n) is 2.55. The molecular weight excluding hydrogens is 172 g/mol. The molecule has 14 heavy (non-hydrogen) atoms. The summed E-state index contributed by atoms with van der Waals surface area (Å²) in [7, 11) is 0. The van der Waals surface area contributed by atoms with Crippen LogP contribution in [0, 0.1) is 23.2 Å². The molecule has 0 saturated heterocycles. The average molecular weight is 192 g/mol. The summed E-state index contributed by atoms with van der Waals surface area (Å²) in [6.45, 7) is 2.28. The van der Waals surface area contributed by atoms with E-state index in [1.165, 1.54) is 32.1 Å². The van der Waals surface area contributed by atoms with Gasteiger partial charge in [0.15, 0.2) is 0 Å². The summed E-state index contributed by atoms with van der Waals surface area (Å²) >= 11 is 0. The normalized spacial score (nSPS) is 34.9. The quantitative estimate of drug-likeness (QED) is 0.745. The van der Waals surface area contributed by atoms with Crippen LogP contribution in [0.2, 0.25) is 0 Å². The molecule has 0 amide bonds. The minimum atomic E-state index is 0.268. The van der Waals surface area contributed by atoms with Crippen molar-refractivity contribution in [1.29, 1.82) is 5.26 Å². The summed E-state index contributed by atoms with van der Waals surface area (Å²) in [4.78, 5) is 0. The molecule has 0 spiro atoms. The molecule has 2 aliphatic carbocycles. The first-order chi connectivity index (χ1) is 6.81. The van der Waals surface area contributed by atoms with Gasteiger partial charge in [-0.15, -0.1) is 0 Å². The number of rotatable bonds is 3. The van der Waals surface area contributed by atoms with E-state index in [9.17, 15) is 0 Å². The van der Waals surface area contributed by atoms with Crippen LogP contribution in [-0.2, 0) is 0 Å². The van der Waals surface area contributed by atoms with Gasteiger partial charge in [0, 0.05) is 12.1 Å². The predicted molar refractivity (Wildman–Crippen MR) is 56.7 cm³/mol. The van der Waals surface area contributed by atoms with Gasteiger partial charge in [-0.25, -0.2) is 0 Å². The average Bonchev–Trinajstić information content (AvgIpc) is 3.02. The molecule has 0 aliphatic heterocycles. The van der Waals surface area contributed by atoms with E-state index in [-0.39, 0.29) is 5.92 Å². The molecule has 2 heteroatoms. The molecule has 0 radical (unpaired) electrons. The van der Waals surface area contributed by atoms with Crippen LogP contribution < -0.4 is 5.32 Å². The fraction of sp³-hybridized carbons (Fsp3) is 0.917. The second-order valence-electron chi connectivity index (χ2n) is 4.92. The summed E-state index contributed by atoms with van der Waals surface area (Å²) in [5.41, 5.74) is 0. The van der Waals surface area contributed by atoms with Crippen LogP contribution in [0.25, 0.3) is 0 Å². The van der Waals surface area contributed by atoms with Gasteiger partial charge in [-0.2, -0.15) is 5.26 Å². The van der Waals surface area contributed by atoms with E-state index < -0.39 is 0 Å². The van der Waals surface area contributed by atoms with Crippen molar-refractivity contribution in [2.24, 2.45) is 11.8 Å². The molecule has 1 N–H and O–H groups in total. The van der Waals surface area contributed by atoms with Crippen LogP contribution in [0.4, 0.5) is 0 Å². The van der Waals surface area contributed by atoms with Gasteiger partial charge in [0.25, 0.3) is 0 Å². The van der Waals surface area contributed by atoms with E-state index in [1.807, 2.05) is 0 Å². The van der Waals surface area contributed by atoms with Crippen LogP contribution in [-0.4, -0.2) is 12.1 Å². The van der Waals surface area contributed by atoms with Crippen molar-refractivity contribution in [3.05, 3.63) is 0 Å². The Balaban J connectivity index is 1.84. The van der Waals surface area contributed by atoms with Crippen LogP contribution in [0.1, 0.15) is 45.4 Å². The Hall–Kier alpha value is -0.550. The first-order valence-electron chi connectivity index (χ1n) is 5.97. The third-order valence-electron chi connectivity index (χ3n) is 3.74. The molecule has 2 aliphatic rings. The first-order valence-corrected chi connectivity index (χ1v) is 5.97. The third kappa shape index (κ3) is 2.27. The van der Waals surface area contributed by atoms with E-state index in [0.717, 1.165) is 12.3 Å². The minimum Gasteiger partial charge on any atom is -0.310 e. The van der Waals surface area contributed by atoms with Gasteiger partial charge >= 0.3 is 0 Å². The van der Waals surface area contributed by atoms with Gasteiger partial charge in [-0.05, 0) is 38.5 Å². The molecule has 0 heterocycles. The molecule has 3 atom stereocenters. The summed E-state index contributed by atoms with van der Waals surface area (Å²) in [6, 6.07) is 3.57. The monoisotopic (exact) mass is 192 g/mol. The molecule has 2 saturated carbocycles. The molecule has 2 nitrogen and oxygen atoms in total. The Morgan fingerprint density at radius 1 is 1.21 bits per heavy atom. The number of hydrogen-bond donors (Lipinski definition) is 1. The van der Waals surface area contributed by atoms with Gasteiger partial charge in [0.05, 0.1) is 12.0 Å². The van der Waals surface area contributed by atoms with E-state index >= 15 is 0 Å². The first kappa shape index (κ1) is 9.98. The lowest BCUT2D eigenvalue weighted by Gasteiger charge is -2.30. The molecule has 78 valence electrons. The number of hydrogen-bond acceptors (Lipinski definition) is 2. The number of nitrogens with one attached hydrogen (secondary N) is 1. The molecule has 2 rings (SSSR count).